The second-order valence-corrected chi connectivity index (χ2v) is 6.39. The maximum absolute atomic E-state index is 5.88. The lowest BCUT2D eigenvalue weighted by Crippen LogP contribution is -2.42. The average molecular weight is 247 g/mol. The minimum Gasteiger partial charge on any atom is -0.493 e. The van der Waals surface area contributed by atoms with Gasteiger partial charge < -0.3 is 10.1 Å². The van der Waals surface area contributed by atoms with E-state index in [0.717, 1.165) is 37.8 Å². The van der Waals surface area contributed by atoms with Gasteiger partial charge >= 0.3 is 0 Å². The first-order valence-corrected chi connectivity index (χ1v) is 6.91. The zero-order valence-corrected chi connectivity index (χ0v) is 12.0. The van der Waals surface area contributed by atoms with Crippen molar-refractivity contribution in [1.82, 2.24) is 5.32 Å². The van der Waals surface area contributed by atoms with E-state index in [0.29, 0.717) is 0 Å². The fraction of sp³-hybridized carbons (Fsp3) is 0.625. The molecule has 0 unspecified atom stereocenters. The highest BCUT2D eigenvalue weighted by molar-refractivity contribution is 5.38. The van der Waals surface area contributed by atoms with Crippen LogP contribution in [0, 0.1) is 12.8 Å². The van der Waals surface area contributed by atoms with Crippen LogP contribution in [0.1, 0.15) is 38.3 Å². The summed E-state index contributed by atoms with van der Waals surface area (Å²) in [5.41, 5.74) is 2.82. The monoisotopic (exact) mass is 247 g/mol. The van der Waals surface area contributed by atoms with Crippen molar-refractivity contribution in [2.75, 3.05) is 19.7 Å². The van der Waals surface area contributed by atoms with Crippen LogP contribution in [0.15, 0.2) is 18.2 Å². The van der Waals surface area contributed by atoms with Crippen LogP contribution in [0.2, 0.25) is 0 Å². The van der Waals surface area contributed by atoms with E-state index in [2.05, 4.69) is 51.2 Å². The molecule has 1 N–H and O–H groups in total. The number of hydrogen-bond acceptors (Lipinski definition) is 2. The van der Waals surface area contributed by atoms with Crippen molar-refractivity contribution in [2.45, 2.75) is 39.5 Å². The molecule has 0 bridgehead atoms. The highest BCUT2D eigenvalue weighted by Gasteiger charge is 2.17. The maximum atomic E-state index is 5.88. The van der Waals surface area contributed by atoms with Crippen LogP contribution in [0.3, 0.4) is 0 Å². The van der Waals surface area contributed by atoms with Gasteiger partial charge in [-0.1, -0.05) is 32.9 Å². The number of ether oxygens (including phenoxy) is 1. The number of aryl methyl sites for hydroxylation is 1. The van der Waals surface area contributed by atoms with Gasteiger partial charge in [0.25, 0.3) is 0 Å². The smallest absolute Gasteiger partial charge is 0.122 e. The molecular formula is C16H25NO. The van der Waals surface area contributed by atoms with Crippen molar-refractivity contribution in [1.29, 1.82) is 0 Å². The molecule has 0 aliphatic carbocycles. The number of rotatable bonds is 4. The fourth-order valence-corrected chi connectivity index (χ4v) is 2.17. The molecule has 1 aliphatic heterocycles. The zero-order chi connectivity index (χ0) is 13.2. The molecule has 1 saturated heterocycles. The van der Waals surface area contributed by atoms with E-state index in [1.165, 1.54) is 11.1 Å². The first-order valence-electron chi connectivity index (χ1n) is 6.91. The van der Waals surface area contributed by atoms with Crippen molar-refractivity contribution in [3.63, 3.8) is 0 Å². The topological polar surface area (TPSA) is 21.3 Å². The van der Waals surface area contributed by atoms with Crippen molar-refractivity contribution in [3.05, 3.63) is 29.3 Å². The van der Waals surface area contributed by atoms with E-state index < -0.39 is 0 Å². The fourth-order valence-electron chi connectivity index (χ4n) is 2.17. The molecule has 18 heavy (non-hydrogen) atoms. The Morgan fingerprint density at radius 2 is 2.00 bits per heavy atom. The summed E-state index contributed by atoms with van der Waals surface area (Å²) < 4.78 is 5.88. The molecule has 0 amide bonds. The summed E-state index contributed by atoms with van der Waals surface area (Å²) >= 11 is 0. The molecule has 1 aromatic rings. The molecule has 2 heteroatoms. The van der Waals surface area contributed by atoms with Crippen LogP contribution in [0.5, 0.6) is 5.75 Å². The van der Waals surface area contributed by atoms with E-state index >= 15 is 0 Å². The van der Waals surface area contributed by atoms with Crippen molar-refractivity contribution in [3.8, 4) is 5.75 Å². The third-order valence-corrected chi connectivity index (χ3v) is 3.69. The summed E-state index contributed by atoms with van der Waals surface area (Å²) in [7, 11) is 0. The third kappa shape index (κ3) is 3.26. The number of hydrogen-bond donors (Lipinski definition) is 1. The summed E-state index contributed by atoms with van der Waals surface area (Å²) in [6, 6.07) is 6.56. The highest BCUT2D eigenvalue weighted by Crippen LogP contribution is 2.27. The van der Waals surface area contributed by atoms with Gasteiger partial charge in [0.05, 0.1) is 6.61 Å². The van der Waals surface area contributed by atoms with Crippen LogP contribution in [0.25, 0.3) is 0 Å². The summed E-state index contributed by atoms with van der Waals surface area (Å²) in [4.78, 5) is 0. The Morgan fingerprint density at radius 3 is 2.50 bits per heavy atom. The highest BCUT2D eigenvalue weighted by atomic mass is 16.5. The molecule has 100 valence electrons. The van der Waals surface area contributed by atoms with Gasteiger partial charge in [0, 0.05) is 0 Å². The summed E-state index contributed by atoms with van der Waals surface area (Å²) in [6.45, 7) is 12.0. The van der Waals surface area contributed by atoms with Gasteiger partial charge in [-0.25, -0.2) is 0 Å². The SMILES string of the molecule is Cc1cc(C(C)(C)C)ccc1OCCC1CNC1. The Bertz CT molecular complexity index is 402. The second kappa shape index (κ2) is 5.31. The van der Waals surface area contributed by atoms with Crippen LogP contribution >= 0.6 is 0 Å². The Morgan fingerprint density at radius 1 is 1.28 bits per heavy atom. The van der Waals surface area contributed by atoms with Gasteiger partial charge in [-0.15, -0.1) is 0 Å². The minimum atomic E-state index is 0.209. The minimum absolute atomic E-state index is 0.209. The quantitative estimate of drug-likeness (QED) is 0.881. The standard InChI is InChI=1S/C16H25NO/c1-12-9-14(16(2,3)4)5-6-15(12)18-8-7-13-10-17-11-13/h5-6,9,13,17H,7-8,10-11H2,1-4H3. The molecule has 0 saturated carbocycles. The van der Waals surface area contributed by atoms with E-state index in [9.17, 15) is 0 Å². The predicted octanol–water partition coefficient (Wildman–Crippen LogP) is 3.28. The zero-order valence-electron chi connectivity index (χ0n) is 12.0. The summed E-state index contributed by atoms with van der Waals surface area (Å²) in [5.74, 6) is 1.86. The van der Waals surface area contributed by atoms with Gasteiger partial charge in [0.15, 0.2) is 0 Å². The molecule has 0 spiro atoms. The van der Waals surface area contributed by atoms with Crippen LogP contribution in [-0.2, 0) is 5.41 Å². The third-order valence-electron chi connectivity index (χ3n) is 3.69. The number of benzene rings is 1. The maximum Gasteiger partial charge on any atom is 0.122 e. The summed E-state index contributed by atoms with van der Waals surface area (Å²) in [6.07, 6.45) is 1.16. The average Bonchev–Trinajstić information content (AvgIpc) is 2.22. The lowest BCUT2D eigenvalue weighted by Gasteiger charge is -2.27. The lowest BCUT2D eigenvalue weighted by atomic mass is 9.86. The Kier molecular flexibility index (Phi) is 3.96. The molecule has 2 nitrogen and oxygen atoms in total. The summed E-state index contributed by atoms with van der Waals surface area (Å²) in [5, 5.41) is 3.29. The predicted molar refractivity (Wildman–Crippen MR) is 76.4 cm³/mol. The molecule has 1 aliphatic rings. The van der Waals surface area contributed by atoms with Crippen LogP contribution < -0.4 is 10.1 Å². The largest absolute Gasteiger partial charge is 0.493 e. The first-order chi connectivity index (χ1) is 8.47. The Balaban J connectivity index is 1.92. The molecule has 0 atom stereocenters. The molecular weight excluding hydrogens is 222 g/mol. The van der Waals surface area contributed by atoms with E-state index in [1.807, 2.05) is 0 Å². The molecule has 1 heterocycles. The Labute approximate surface area is 111 Å². The van der Waals surface area contributed by atoms with Crippen molar-refractivity contribution in [2.24, 2.45) is 5.92 Å². The molecule has 2 rings (SSSR count). The van der Waals surface area contributed by atoms with Gasteiger partial charge in [-0.05, 0) is 55.0 Å². The van der Waals surface area contributed by atoms with Crippen molar-refractivity contribution < 1.29 is 4.74 Å². The van der Waals surface area contributed by atoms with Gasteiger partial charge in [-0.2, -0.15) is 0 Å². The molecule has 1 fully saturated rings. The number of nitrogens with one attached hydrogen (secondary N) is 1. The molecule has 1 aromatic carbocycles. The van der Waals surface area contributed by atoms with E-state index in [4.69, 9.17) is 4.74 Å². The molecule has 0 radical (unpaired) electrons. The lowest BCUT2D eigenvalue weighted by molar-refractivity contribution is 0.237. The first kappa shape index (κ1) is 13.4. The van der Waals surface area contributed by atoms with Crippen LogP contribution in [-0.4, -0.2) is 19.7 Å². The van der Waals surface area contributed by atoms with E-state index in [1.54, 1.807) is 0 Å². The van der Waals surface area contributed by atoms with Gasteiger partial charge in [0.2, 0.25) is 0 Å². The van der Waals surface area contributed by atoms with Gasteiger partial charge in [-0.3, -0.25) is 0 Å². The molecule has 0 aromatic heterocycles. The van der Waals surface area contributed by atoms with E-state index in [-0.39, 0.29) is 5.41 Å². The van der Waals surface area contributed by atoms with Crippen molar-refractivity contribution >= 4 is 0 Å². The van der Waals surface area contributed by atoms with Crippen LogP contribution in [0.4, 0.5) is 0 Å². The Hall–Kier alpha value is -1.02. The van der Waals surface area contributed by atoms with Gasteiger partial charge in [0.1, 0.15) is 5.75 Å². The normalized spacial score (nSPS) is 16.4. The second-order valence-electron chi connectivity index (χ2n) is 6.39.